The SMILES string of the molecule is NCCSc1nc(N)c(C(N)=O)[nH]1. The molecule has 0 aliphatic carbocycles. The lowest BCUT2D eigenvalue weighted by atomic mass is 10.4. The number of nitrogens with one attached hydrogen (secondary N) is 1. The third kappa shape index (κ3) is 2.36. The van der Waals surface area contributed by atoms with Gasteiger partial charge in [-0.15, -0.1) is 0 Å². The van der Waals surface area contributed by atoms with E-state index in [0.717, 1.165) is 0 Å². The Bertz CT molecular complexity index is 310. The molecule has 0 radical (unpaired) electrons. The topological polar surface area (TPSA) is 124 Å². The fourth-order valence-electron chi connectivity index (χ4n) is 0.776. The first-order chi connectivity index (χ1) is 6.15. The van der Waals surface area contributed by atoms with Crippen molar-refractivity contribution in [3.8, 4) is 0 Å². The number of imidazole rings is 1. The summed E-state index contributed by atoms with van der Waals surface area (Å²) in [5.74, 6) is 0.238. The first kappa shape index (κ1) is 9.87. The predicted molar refractivity (Wildman–Crippen MR) is 51.3 cm³/mol. The zero-order valence-corrected chi connectivity index (χ0v) is 7.73. The number of carbonyl (C=O) groups is 1. The average Bonchev–Trinajstić information content (AvgIpc) is 2.43. The van der Waals surface area contributed by atoms with Crippen molar-refractivity contribution < 1.29 is 4.79 Å². The zero-order valence-electron chi connectivity index (χ0n) is 6.91. The van der Waals surface area contributed by atoms with Crippen molar-refractivity contribution in [2.45, 2.75) is 5.16 Å². The highest BCUT2D eigenvalue weighted by molar-refractivity contribution is 7.99. The lowest BCUT2D eigenvalue weighted by Gasteiger charge is -1.91. The molecule has 0 aliphatic rings. The molecule has 0 bridgehead atoms. The molecule has 1 rings (SSSR count). The van der Waals surface area contributed by atoms with Gasteiger partial charge in [-0.25, -0.2) is 4.98 Å². The maximum Gasteiger partial charge on any atom is 0.269 e. The number of aromatic nitrogens is 2. The number of anilines is 1. The number of H-pyrrole nitrogens is 1. The van der Waals surface area contributed by atoms with Crippen LogP contribution in [0.25, 0.3) is 0 Å². The molecular formula is C6H11N5OS. The van der Waals surface area contributed by atoms with Gasteiger partial charge in [0.1, 0.15) is 5.69 Å². The van der Waals surface area contributed by atoms with Crippen molar-refractivity contribution in [1.29, 1.82) is 0 Å². The lowest BCUT2D eigenvalue weighted by Crippen LogP contribution is -2.13. The summed E-state index contributed by atoms with van der Waals surface area (Å²) in [5, 5.41) is 0.566. The van der Waals surface area contributed by atoms with Crippen molar-refractivity contribution in [2.24, 2.45) is 11.5 Å². The molecular weight excluding hydrogens is 190 g/mol. The summed E-state index contributed by atoms with van der Waals surface area (Å²) >= 11 is 1.39. The number of hydrogen-bond donors (Lipinski definition) is 4. The summed E-state index contributed by atoms with van der Waals surface area (Å²) in [7, 11) is 0. The number of primary amides is 1. The van der Waals surface area contributed by atoms with Crippen molar-refractivity contribution in [3.05, 3.63) is 5.69 Å². The number of nitrogens with zero attached hydrogens (tertiary/aromatic N) is 1. The minimum absolute atomic E-state index is 0.132. The fourth-order valence-corrected chi connectivity index (χ4v) is 1.42. The van der Waals surface area contributed by atoms with E-state index in [-0.39, 0.29) is 11.5 Å². The van der Waals surface area contributed by atoms with Crippen molar-refractivity contribution in [3.63, 3.8) is 0 Å². The van der Waals surface area contributed by atoms with Crippen molar-refractivity contribution in [2.75, 3.05) is 18.0 Å². The molecule has 0 aromatic carbocycles. The fraction of sp³-hybridized carbons (Fsp3) is 0.333. The minimum atomic E-state index is -0.607. The van der Waals surface area contributed by atoms with Crippen LogP contribution in [-0.4, -0.2) is 28.2 Å². The van der Waals surface area contributed by atoms with Crippen LogP contribution in [0.15, 0.2) is 5.16 Å². The number of carbonyl (C=O) groups excluding carboxylic acids is 1. The second kappa shape index (κ2) is 4.15. The summed E-state index contributed by atoms with van der Waals surface area (Å²) < 4.78 is 0. The van der Waals surface area contributed by atoms with Gasteiger partial charge in [0.05, 0.1) is 0 Å². The molecule has 13 heavy (non-hydrogen) atoms. The Morgan fingerprint density at radius 3 is 2.77 bits per heavy atom. The number of amides is 1. The van der Waals surface area contributed by atoms with Crippen molar-refractivity contribution >= 4 is 23.5 Å². The van der Waals surface area contributed by atoms with E-state index in [0.29, 0.717) is 17.5 Å². The molecule has 7 heteroatoms. The smallest absolute Gasteiger partial charge is 0.269 e. The normalized spacial score (nSPS) is 10.2. The molecule has 0 saturated carbocycles. The molecule has 7 N–H and O–H groups in total. The molecule has 6 nitrogen and oxygen atoms in total. The number of thioether (sulfide) groups is 1. The van der Waals surface area contributed by atoms with Crippen LogP contribution in [0, 0.1) is 0 Å². The van der Waals surface area contributed by atoms with Gasteiger partial charge in [0.15, 0.2) is 11.0 Å². The van der Waals surface area contributed by atoms with Gasteiger partial charge in [-0.05, 0) is 0 Å². The van der Waals surface area contributed by atoms with Gasteiger partial charge in [-0.2, -0.15) is 0 Å². The first-order valence-electron chi connectivity index (χ1n) is 3.63. The highest BCUT2D eigenvalue weighted by atomic mass is 32.2. The van der Waals surface area contributed by atoms with E-state index >= 15 is 0 Å². The van der Waals surface area contributed by atoms with Crippen LogP contribution in [0.4, 0.5) is 5.82 Å². The number of aromatic amines is 1. The maximum absolute atomic E-state index is 10.7. The van der Waals surface area contributed by atoms with E-state index in [9.17, 15) is 4.79 Å². The Kier molecular flexibility index (Phi) is 3.15. The minimum Gasteiger partial charge on any atom is -0.382 e. The van der Waals surface area contributed by atoms with E-state index < -0.39 is 5.91 Å². The van der Waals surface area contributed by atoms with Gasteiger partial charge in [0, 0.05) is 12.3 Å². The molecule has 1 amide bonds. The third-order valence-electron chi connectivity index (χ3n) is 1.31. The molecule has 1 heterocycles. The molecule has 0 saturated heterocycles. The quantitative estimate of drug-likeness (QED) is 0.472. The second-order valence-corrected chi connectivity index (χ2v) is 3.39. The Balaban J connectivity index is 2.76. The summed E-state index contributed by atoms with van der Waals surface area (Å²) in [6.07, 6.45) is 0. The summed E-state index contributed by atoms with van der Waals surface area (Å²) in [5.41, 5.74) is 15.9. The van der Waals surface area contributed by atoms with Crippen LogP contribution >= 0.6 is 11.8 Å². The number of nitrogen functional groups attached to an aromatic ring is 1. The van der Waals surface area contributed by atoms with Crippen LogP contribution in [0.5, 0.6) is 0 Å². The average molecular weight is 201 g/mol. The van der Waals surface area contributed by atoms with E-state index in [2.05, 4.69) is 9.97 Å². The zero-order chi connectivity index (χ0) is 9.84. The van der Waals surface area contributed by atoms with Gasteiger partial charge >= 0.3 is 0 Å². The number of nitrogens with two attached hydrogens (primary N) is 3. The van der Waals surface area contributed by atoms with Gasteiger partial charge in [-0.3, -0.25) is 4.79 Å². The van der Waals surface area contributed by atoms with Crippen LogP contribution in [-0.2, 0) is 0 Å². The number of hydrogen-bond acceptors (Lipinski definition) is 5. The van der Waals surface area contributed by atoms with E-state index in [4.69, 9.17) is 17.2 Å². The maximum atomic E-state index is 10.7. The summed E-state index contributed by atoms with van der Waals surface area (Å²) in [6.45, 7) is 0.539. The van der Waals surface area contributed by atoms with Gasteiger partial charge in [0.2, 0.25) is 0 Å². The lowest BCUT2D eigenvalue weighted by molar-refractivity contribution is 0.0996. The Hall–Kier alpha value is -1.21. The summed E-state index contributed by atoms with van der Waals surface area (Å²) in [6, 6.07) is 0. The van der Waals surface area contributed by atoms with E-state index in [1.807, 2.05) is 0 Å². The molecule has 0 unspecified atom stereocenters. The monoisotopic (exact) mass is 201 g/mol. The Morgan fingerprint density at radius 2 is 2.31 bits per heavy atom. The molecule has 72 valence electrons. The van der Waals surface area contributed by atoms with Gasteiger partial charge < -0.3 is 22.2 Å². The van der Waals surface area contributed by atoms with Crippen LogP contribution in [0.2, 0.25) is 0 Å². The summed E-state index contributed by atoms with van der Waals surface area (Å²) in [4.78, 5) is 17.4. The van der Waals surface area contributed by atoms with E-state index in [1.165, 1.54) is 11.8 Å². The molecule has 1 aromatic rings. The van der Waals surface area contributed by atoms with Crippen LogP contribution in [0.1, 0.15) is 10.5 Å². The predicted octanol–water partition coefficient (Wildman–Crippen LogP) is -0.858. The Labute approximate surface area is 79.3 Å². The standard InChI is InChI=1S/C6H11N5OS/c7-1-2-13-6-10-3(5(9)12)4(8)11-6/h1-2,7-8H2,(H2,9,12)(H,10,11). The highest BCUT2D eigenvalue weighted by Gasteiger charge is 2.11. The van der Waals surface area contributed by atoms with Crippen LogP contribution in [0.3, 0.4) is 0 Å². The molecule has 0 aliphatic heterocycles. The molecule has 1 aromatic heterocycles. The van der Waals surface area contributed by atoms with Crippen molar-refractivity contribution in [1.82, 2.24) is 9.97 Å². The van der Waals surface area contributed by atoms with E-state index in [1.54, 1.807) is 0 Å². The van der Waals surface area contributed by atoms with Crippen LogP contribution < -0.4 is 17.2 Å². The Morgan fingerprint density at radius 1 is 1.62 bits per heavy atom. The second-order valence-electron chi connectivity index (χ2n) is 2.30. The molecule has 0 fully saturated rings. The largest absolute Gasteiger partial charge is 0.382 e. The third-order valence-corrected chi connectivity index (χ3v) is 2.22. The first-order valence-corrected chi connectivity index (χ1v) is 4.62. The number of rotatable bonds is 4. The molecule has 0 spiro atoms. The van der Waals surface area contributed by atoms with Gasteiger partial charge in [0.25, 0.3) is 5.91 Å². The van der Waals surface area contributed by atoms with Gasteiger partial charge in [-0.1, -0.05) is 11.8 Å². The highest BCUT2D eigenvalue weighted by Crippen LogP contribution is 2.17. The molecule has 0 atom stereocenters.